The minimum atomic E-state index is -0.182. The lowest BCUT2D eigenvalue weighted by Crippen LogP contribution is -2.19. The summed E-state index contributed by atoms with van der Waals surface area (Å²) in [4.78, 5) is 18.0. The molecule has 5 nitrogen and oxygen atoms in total. The van der Waals surface area contributed by atoms with Gasteiger partial charge in [0.1, 0.15) is 6.61 Å². The van der Waals surface area contributed by atoms with Gasteiger partial charge in [-0.25, -0.2) is 4.99 Å². The van der Waals surface area contributed by atoms with Gasteiger partial charge in [0.15, 0.2) is 16.7 Å². The molecule has 0 saturated carbocycles. The molecule has 1 amide bonds. The van der Waals surface area contributed by atoms with Crippen LogP contribution in [0.2, 0.25) is 0 Å². The number of hydrogen-bond acceptors (Lipinski definition) is 5. The maximum Gasteiger partial charge on any atom is 0.264 e. The smallest absolute Gasteiger partial charge is 0.264 e. The van der Waals surface area contributed by atoms with Gasteiger partial charge >= 0.3 is 0 Å². The molecule has 38 heavy (non-hydrogen) atoms. The third-order valence-corrected chi connectivity index (χ3v) is 8.40. The van der Waals surface area contributed by atoms with Gasteiger partial charge < -0.3 is 14.8 Å². The summed E-state index contributed by atoms with van der Waals surface area (Å²) in [6.45, 7) is 10.8. The topological polar surface area (TPSA) is 59.9 Å². The summed E-state index contributed by atoms with van der Waals surface area (Å²) in [6, 6.07) is 15.9. The van der Waals surface area contributed by atoms with Crippen LogP contribution in [-0.2, 0) is 17.8 Å². The van der Waals surface area contributed by atoms with Gasteiger partial charge in [0, 0.05) is 14.5 Å². The van der Waals surface area contributed by atoms with Gasteiger partial charge in [-0.3, -0.25) is 4.79 Å². The van der Waals surface area contributed by atoms with Gasteiger partial charge in [0.2, 0.25) is 0 Å². The lowest BCUT2D eigenvalue weighted by Gasteiger charge is -2.17. The highest BCUT2D eigenvalue weighted by atomic mass is 79.9. The van der Waals surface area contributed by atoms with Crippen molar-refractivity contribution in [2.24, 2.45) is 4.99 Å². The molecular weight excluding hydrogens is 628 g/mol. The maximum atomic E-state index is 12.8. The Morgan fingerprint density at radius 3 is 2.42 bits per heavy atom. The third-order valence-electron chi connectivity index (χ3n) is 5.72. The van der Waals surface area contributed by atoms with Crippen LogP contribution in [0.25, 0.3) is 6.08 Å². The van der Waals surface area contributed by atoms with Crippen molar-refractivity contribution >= 4 is 66.5 Å². The summed E-state index contributed by atoms with van der Waals surface area (Å²) in [7, 11) is 0. The number of nitrogens with zero attached hydrogens (tertiary/aromatic N) is 1. The summed E-state index contributed by atoms with van der Waals surface area (Å²) in [5.74, 6) is 1.13. The van der Waals surface area contributed by atoms with Crippen LogP contribution in [-0.4, -0.2) is 17.7 Å². The van der Waals surface area contributed by atoms with E-state index in [0.717, 1.165) is 42.5 Å². The van der Waals surface area contributed by atoms with Gasteiger partial charge in [0.25, 0.3) is 5.91 Å². The Labute approximate surface area is 244 Å². The molecule has 3 aromatic rings. The minimum Gasteiger partial charge on any atom is -0.490 e. The first kappa shape index (κ1) is 28.2. The molecule has 3 aromatic carbocycles. The van der Waals surface area contributed by atoms with E-state index in [1.54, 1.807) is 0 Å². The molecule has 0 atom stereocenters. The first-order valence-electron chi connectivity index (χ1n) is 12.1. The number of rotatable bonds is 9. The Morgan fingerprint density at radius 2 is 1.76 bits per heavy atom. The van der Waals surface area contributed by atoms with E-state index in [1.807, 2.05) is 81.5 Å². The van der Waals surface area contributed by atoms with Crippen molar-refractivity contribution < 1.29 is 14.3 Å². The predicted molar refractivity (Wildman–Crippen MR) is 164 cm³/mol. The van der Waals surface area contributed by atoms with Gasteiger partial charge in [-0.15, -0.1) is 6.58 Å². The molecule has 1 N–H and O–H groups in total. The molecule has 4 rings (SSSR count). The Morgan fingerprint density at radius 1 is 1.05 bits per heavy atom. The fourth-order valence-corrected chi connectivity index (χ4v) is 5.31. The average Bonchev–Trinajstić information content (AvgIpc) is 3.21. The van der Waals surface area contributed by atoms with Crippen LogP contribution in [0, 0.1) is 13.8 Å². The Balaban J connectivity index is 1.62. The van der Waals surface area contributed by atoms with E-state index in [0.29, 0.717) is 41.2 Å². The molecule has 1 fully saturated rings. The zero-order valence-corrected chi connectivity index (χ0v) is 25.4. The van der Waals surface area contributed by atoms with Crippen LogP contribution in [0.15, 0.2) is 80.0 Å². The average molecular weight is 656 g/mol. The molecule has 0 unspecified atom stereocenters. The second-order valence-electron chi connectivity index (χ2n) is 8.72. The second kappa shape index (κ2) is 12.8. The second-order valence-corrected chi connectivity index (χ2v) is 11.5. The highest BCUT2D eigenvalue weighted by Gasteiger charge is 2.24. The Bertz CT molecular complexity index is 1410. The number of aliphatic imine (C=N–C) groups is 1. The number of allylic oxidation sites excluding steroid dienone is 1. The fourth-order valence-electron chi connectivity index (χ4n) is 3.97. The van der Waals surface area contributed by atoms with Gasteiger partial charge in [-0.05, 0) is 104 Å². The molecule has 0 bridgehead atoms. The first-order chi connectivity index (χ1) is 18.3. The van der Waals surface area contributed by atoms with E-state index >= 15 is 0 Å². The van der Waals surface area contributed by atoms with E-state index in [-0.39, 0.29) is 5.91 Å². The number of carbonyl (C=O) groups excluding carboxylic acids is 1. The molecule has 0 radical (unpaired) electrons. The summed E-state index contributed by atoms with van der Waals surface area (Å²) in [6.07, 6.45) is 4.29. The predicted octanol–water partition coefficient (Wildman–Crippen LogP) is 8.43. The normalized spacial score (nSPS) is 15.1. The lowest BCUT2D eigenvalue weighted by molar-refractivity contribution is -0.115. The van der Waals surface area contributed by atoms with Crippen LogP contribution < -0.4 is 14.8 Å². The number of aryl methyl sites for hydroxylation is 2. The van der Waals surface area contributed by atoms with Crippen LogP contribution in [0.5, 0.6) is 11.5 Å². The van der Waals surface area contributed by atoms with Crippen molar-refractivity contribution in [3.8, 4) is 11.5 Å². The van der Waals surface area contributed by atoms with Crippen molar-refractivity contribution in [2.75, 3.05) is 6.61 Å². The summed E-state index contributed by atoms with van der Waals surface area (Å²) in [5, 5.41) is 3.43. The number of ether oxygens (including phenoxy) is 2. The summed E-state index contributed by atoms with van der Waals surface area (Å²) in [5.41, 5.74) is 5.81. The van der Waals surface area contributed by atoms with E-state index in [1.165, 1.54) is 11.8 Å². The molecule has 8 heteroatoms. The largest absolute Gasteiger partial charge is 0.490 e. The number of amides is 1. The van der Waals surface area contributed by atoms with Gasteiger partial charge in [0.05, 0.1) is 17.2 Å². The number of nitrogens with one attached hydrogen (secondary N) is 1. The maximum absolute atomic E-state index is 12.8. The Hall–Kier alpha value is -2.81. The zero-order valence-electron chi connectivity index (χ0n) is 21.4. The number of halogens is 2. The quantitative estimate of drug-likeness (QED) is 0.186. The van der Waals surface area contributed by atoms with Crippen molar-refractivity contribution in [2.45, 2.75) is 33.8 Å². The standard InChI is InChI=1S/C30H28Br2N2O3S/c1-5-7-22-14-21(15-25(36-6-2)28(22)37-17-20-8-10-23(31)11-9-20)16-26-29(35)34-30(38-26)33-24-12-18(3)27(32)19(4)13-24/h5,8-16H,1,6-7,17H2,2-4H3,(H,33,34,35)/b26-16-. The SMILES string of the molecule is C=CCc1cc(/C=C2\SC(=Nc3cc(C)c(Br)c(C)c3)NC2=O)cc(OCC)c1OCc1ccc(Br)cc1. The third kappa shape index (κ3) is 6.98. The number of hydrogen-bond donors (Lipinski definition) is 1. The van der Waals surface area contributed by atoms with E-state index in [4.69, 9.17) is 9.47 Å². The van der Waals surface area contributed by atoms with E-state index in [9.17, 15) is 4.79 Å². The molecule has 1 aliphatic rings. The monoisotopic (exact) mass is 654 g/mol. The minimum absolute atomic E-state index is 0.182. The molecule has 196 valence electrons. The van der Waals surface area contributed by atoms with Crippen LogP contribution in [0.1, 0.15) is 34.7 Å². The summed E-state index contributed by atoms with van der Waals surface area (Å²) >= 11 is 8.37. The molecule has 1 aliphatic heterocycles. The molecule has 0 aromatic heterocycles. The van der Waals surface area contributed by atoms with Crippen molar-refractivity contribution in [1.82, 2.24) is 5.32 Å². The molecule has 0 aliphatic carbocycles. The van der Waals surface area contributed by atoms with Crippen LogP contribution in [0.3, 0.4) is 0 Å². The highest BCUT2D eigenvalue weighted by Crippen LogP contribution is 2.37. The molecule has 1 heterocycles. The van der Waals surface area contributed by atoms with Gasteiger partial charge in [-0.2, -0.15) is 0 Å². The first-order valence-corrected chi connectivity index (χ1v) is 14.5. The molecular formula is C30H28Br2N2O3S. The number of benzene rings is 3. The number of carbonyl (C=O) groups is 1. The molecule has 0 spiro atoms. The van der Waals surface area contributed by atoms with E-state index < -0.39 is 0 Å². The fraction of sp³-hybridized carbons (Fsp3) is 0.200. The number of amidine groups is 1. The van der Waals surface area contributed by atoms with Crippen LogP contribution >= 0.6 is 43.6 Å². The van der Waals surface area contributed by atoms with Crippen molar-refractivity contribution in [1.29, 1.82) is 0 Å². The van der Waals surface area contributed by atoms with Crippen molar-refractivity contribution in [3.05, 3.63) is 103 Å². The summed E-state index contributed by atoms with van der Waals surface area (Å²) < 4.78 is 14.3. The van der Waals surface area contributed by atoms with Gasteiger partial charge in [-0.1, -0.05) is 50.1 Å². The molecule has 1 saturated heterocycles. The van der Waals surface area contributed by atoms with E-state index in [2.05, 4.69) is 48.7 Å². The number of thioether (sulfide) groups is 1. The highest BCUT2D eigenvalue weighted by molar-refractivity contribution is 9.10. The van der Waals surface area contributed by atoms with Crippen molar-refractivity contribution in [3.63, 3.8) is 0 Å². The lowest BCUT2D eigenvalue weighted by atomic mass is 10.0. The Kier molecular flexibility index (Phi) is 9.52. The van der Waals surface area contributed by atoms with Crippen LogP contribution in [0.4, 0.5) is 5.69 Å². The zero-order chi connectivity index (χ0) is 27.2.